The van der Waals surface area contributed by atoms with Crippen molar-refractivity contribution in [3.8, 4) is 45.3 Å². The molecule has 0 aliphatic carbocycles. The largest absolute Gasteiger partial charge is 0.455 e. The van der Waals surface area contributed by atoms with Gasteiger partial charge < -0.3 is 4.42 Å². The zero-order chi connectivity index (χ0) is 32.3. The topological polar surface area (TPSA) is 51.8 Å². The van der Waals surface area contributed by atoms with E-state index in [1.54, 1.807) is 0 Å². The summed E-state index contributed by atoms with van der Waals surface area (Å²) in [5.41, 5.74) is 6.44. The highest BCUT2D eigenvalue weighted by Gasteiger charge is 2.20. The molecule has 2 heterocycles. The van der Waals surface area contributed by atoms with E-state index in [0.29, 0.717) is 17.5 Å². The Kier molecular flexibility index (Phi) is 6.15. The van der Waals surface area contributed by atoms with Gasteiger partial charge in [-0.05, 0) is 50.0 Å². The maximum atomic E-state index is 6.88. The monoisotopic (exact) mass is 625 g/mol. The van der Waals surface area contributed by atoms with Crippen LogP contribution in [-0.2, 0) is 0 Å². The summed E-state index contributed by atoms with van der Waals surface area (Å²) in [7, 11) is 0. The van der Waals surface area contributed by atoms with Crippen LogP contribution in [-0.4, -0.2) is 15.0 Å². The van der Waals surface area contributed by atoms with Crippen molar-refractivity contribution in [1.29, 1.82) is 0 Å². The number of hydrogen-bond donors (Lipinski definition) is 0. The highest BCUT2D eigenvalue weighted by molar-refractivity contribution is 6.26. The standard InChI is InChI=1S/C45H27N3O/c1-3-13-28(14-4-1)43-46-44(29-15-5-2-6-16-29)48-45(47-43)39-24-12-23-38-37-22-11-21-31(41(37)49-42(38)39)30-25-26-36-34-19-8-7-17-32(34)33-18-9-10-20-35(33)40(36)27-30/h1-27H. The number of para-hydroxylation sites is 2. The van der Waals surface area contributed by atoms with Gasteiger partial charge in [0.2, 0.25) is 0 Å². The van der Waals surface area contributed by atoms with Gasteiger partial charge in [-0.2, -0.15) is 0 Å². The summed E-state index contributed by atoms with van der Waals surface area (Å²) >= 11 is 0. The summed E-state index contributed by atoms with van der Waals surface area (Å²) < 4.78 is 6.88. The van der Waals surface area contributed by atoms with Crippen LogP contribution in [0.3, 0.4) is 0 Å². The lowest BCUT2D eigenvalue weighted by Gasteiger charge is -2.12. The van der Waals surface area contributed by atoms with Crippen LogP contribution in [0.25, 0.3) is 99.5 Å². The summed E-state index contributed by atoms with van der Waals surface area (Å²) in [5.74, 6) is 1.81. The highest BCUT2D eigenvalue weighted by atomic mass is 16.3. The van der Waals surface area contributed by atoms with Crippen molar-refractivity contribution in [3.63, 3.8) is 0 Å². The Bertz CT molecular complexity index is 2780. The van der Waals surface area contributed by atoms with E-state index >= 15 is 0 Å². The second-order valence-electron chi connectivity index (χ2n) is 12.4. The van der Waals surface area contributed by atoms with Crippen LogP contribution in [0, 0.1) is 0 Å². The van der Waals surface area contributed by atoms with Crippen LogP contribution in [0.4, 0.5) is 0 Å². The number of fused-ring (bicyclic) bond motifs is 9. The Morgan fingerprint density at radius 3 is 1.29 bits per heavy atom. The molecule has 228 valence electrons. The van der Waals surface area contributed by atoms with E-state index in [1.165, 1.54) is 32.3 Å². The average Bonchev–Trinajstić information content (AvgIpc) is 3.58. The summed E-state index contributed by atoms with van der Waals surface area (Å²) in [5, 5.41) is 9.59. The molecule has 0 N–H and O–H groups in total. The maximum absolute atomic E-state index is 6.88. The lowest BCUT2D eigenvalue weighted by Crippen LogP contribution is -2.00. The van der Waals surface area contributed by atoms with Crippen molar-refractivity contribution >= 4 is 54.3 Å². The maximum Gasteiger partial charge on any atom is 0.167 e. The van der Waals surface area contributed by atoms with E-state index in [0.717, 1.165) is 49.8 Å². The molecule has 0 amide bonds. The predicted molar refractivity (Wildman–Crippen MR) is 201 cm³/mol. The molecule has 2 aromatic heterocycles. The van der Waals surface area contributed by atoms with Gasteiger partial charge in [-0.25, -0.2) is 15.0 Å². The Hall–Kier alpha value is -6.65. The number of aromatic nitrogens is 3. The fourth-order valence-corrected chi connectivity index (χ4v) is 7.23. The van der Waals surface area contributed by atoms with Gasteiger partial charge in [0, 0.05) is 27.5 Å². The molecule has 0 aliphatic heterocycles. The minimum absolute atomic E-state index is 0.572. The Morgan fingerprint density at radius 1 is 0.286 bits per heavy atom. The van der Waals surface area contributed by atoms with E-state index in [9.17, 15) is 0 Å². The average molecular weight is 626 g/mol. The van der Waals surface area contributed by atoms with E-state index in [2.05, 4.69) is 97.1 Å². The highest BCUT2D eigenvalue weighted by Crippen LogP contribution is 2.42. The van der Waals surface area contributed by atoms with E-state index in [1.807, 2.05) is 66.7 Å². The molecule has 0 saturated heterocycles. The SMILES string of the molecule is c1ccc(-c2nc(-c3ccccc3)nc(-c3cccc4c3oc3c(-c5ccc6c7ccccc7c7ccccc7c6c5)cccc34)n2)cc1. The zero-order valence-electron chi connectivity index (χ0n) is 26.3. The molecule has 10 rings (SSSR count). The summed E-state index contributed by atoms with van der Waals surface area (Å²) in [6.07, 6.45) is 0. The molecule has 0 radical (unpaired) electrons. The minimum Gasteiger partial charge on any atom is -0.455 e. The molecule has 4 nitrogen and oxygen atoms in total. The normalized spacial score (nSPS) is 11.7. The van der Waals surface area contributed by atoms with Crippen LogP contribution >= 0.6 is 0 Å². The summed E-state index contributed by atoms with van der Waals surface area (Å²) in [4.78, 5) is 14.9. The van der Waals surface area contributed by atoms with Gasteiger partial charge in [0.15, 0.2) is 17.5 Å². The fourth-order valence-electron chi connectivity index (χ4n) is 7.23. The predicted octanol–water partition coefficient (Wildman–Crippen LogP) is 11.9. The molecule has 0 bridgehead atoms. The first-order valence-electron chi connectivity index (χ1n) is 16.5. The smallest absolute Gasteiger partial charge is 0.167 e. The van der Waals surface area contributed by atoms with Crippen LogP contribution in [0.5, 0.6) is 0 Å². The molecule has 0 saturated carbocycles. The Morgan fingerprint density at radius 2 is 0.714 bits per heavy atom. The van der Waals surface area contributed by atoms with Crippen molar-refractivity contribution in [1.82, 2.24) is 15.0 Å². The van der Waals surface area contributed by atoms with E-state index < -0.39 is 0 Å². The molecule has 0 unspecified atom stereocenters. The van der Waals surface area contributed by atoms with Crippen molar-refractivity contribution in [2.75, 3.05) is 0 Å². The second-order valence-corrected chi connectivity index (χ2v) is 12.4. The van der Waals surface area contributed by atoms with Gasteiger partial charge >= 0.3 is 0 Å². The first-order chi connectivity index (χ1) is 24.3. The third kappa shape index (κ3) is 4.42. The van der Waals surface area contributed by atoms with Crippen molar-refractivity contribution in [2.45, 2.75) is 0 Å². The van der Waals surface area contributed by atoms with Crippen molar-refractivity contribution in [2.24, 2.45) is 0 Å². The molecule has 0 spiro atoms. The molecule has 0 atom stereocenters. The van der Waals surface area contributed by atoms with Crippen LogP contribution in [0.2, 0.25) is 0 Å². The third-order valence-corrected chi connectivity index (χ3v) is 9.52. The first-order valence-corrected chi connectivity index (χ1v) is 16.5. The molecule has 49 heavy (non-hydrogen) atoms. The van der Waals surface area contributed by atoms with Gasteiger partial charge in [-0.3, -0.25) is 0 Å². The number of furan rings is 1. The Labute approximate surface area is 282 Å². The van der Waals surface area contributed by atoms with Crippen LogP contribution in [0.15, 0.2) is 168 Å². The van der Waals surface area contributed by atoms with Gasteiger partial charge in [0.25, 0.3) is 0 Å². The number of benzene rings is 8. The number of nitrogens with zero attached hydrogens (tertiary/aromatic N) is 3. The van der Waals surface area contributed by atoms with Crippen LogP contribution in [0.1, 0.15) is 0 Å². The molecular formula is C45H27N3O. The molecule has 0 fully saturated rings. The summed E-state index contributed by atoms with van der Waals surface area (Å²) in [6, 6.07) is 56.9. The summed E-state index contributed by atoms with van der Waals surface area (Å²) in [6.45, 7) is 0. The van der Waals surface area contributed by atoms with Crippen molar-refractivity contribution < 1.29 is 4.42 Å². The molecule has 0 aliphatic rings. The third-order valence-electron chi connectivity index (χ3n) is 9.52. The Balaban J connectivity index is 1.19. The van der Waals surface area contributed by atoms with Gasteiger partial charge in [-0.1, -0.05) is 152 Å². The lowest BCUT2D eigenvalue weighted by atomic mass is 9.92. The molecule has 8 aromatic carbocycles. The van der Waals surface area contributed by atoms with Gasteiger partial charge in [-0.15, -0.1) is 0 Å². The van der Waals surface area contributed by atoms with E-state index in [4.69, 9.17) is 19.4 Å². The number of rotatable bonds is 4. The van der Waals surface area contributed by atoms with Gasteiger partial charge in [0.1, 0.15) is 11.2 Å². The van der Waals surface area contributed by atoms with Gasteiger partial charge in [0.05, 0.1) is 5.56 Å². The molecular weight excluding hydrogens is 599 g/mol. The molecule has 10 aromatic rings. The molecule has 4 heteroatoms. The minimum atomic E-state index is 0.572. The second kappa shape index (κ2) is 11.0. The number of hydrogen-bond acceptors (Lipinski definition) is 4. The van der Waals surface area contributed by atoms with Crippen molar-refractivity contribution in [3.05, 3.63) is 164 Å². The lowest BCUT2D eigenvalue weighted by molar-refractivity contribution is 0.670. The zero-order valence-corrected chi connectivity index (χ0v) is 26.3. The van der Waals surface area contributed by atoms with Crippen LogP contribution < -0.4 is 0 Å². The van der Waals surface area contributed by atoms with E-state index in [-0.39, 0.29) is 0 Å². The fraction of sp³-hybridized carbons (Fsp3) is 0. The quantitative estimate of drug-likeness (QED) is 0.183. The first kappa shape index (κ1) is 27.5.